The zero-order valence-corrected chi connectivity index (χ0v) is 11.9. The maximum absolute atomic E-state index is 12.2. The Morgan fingerprint density at radius 1 is 1.39 bits per heavy atom. The van der Waals surface area contributed by atoms with Gasteiger partial charge in [-0.15, -0.1) is 0 Å². The molecule has 0 radical (unpaired) electrons. The van der Waals surface area contributed by atoms with E-state index in [1.165, 1.54) is 0 Å². The van der Waals surface area contributed by atoms with Crippen LogP contribution in [0.5, 0.6) is 0 Å². The molecule has 0 aliphatic heterocycles. The smallest absolute Gasteiger partial charge is 0.408 e. The Morgan fingerprint density at radius 3 is 2.39 bits per heavy atom. The molecular formula is C14H23NO3. The first-order chi connectivity index (χ1) is 8.08. The van der Waals surface area contributed by atoms with Gasteiger partial charge in [-0.05, 0) is 44.9 Å². The number of alkyl carbamates (subject to hydrolysis) is 1. The molecule has 2 aliphatic rings. The van der Waals surface area contributed by atoms with Crippen LogP contribution in [0.1, 0.15) is 53.9 Å². The summed E-state index contributed by atoms with van der Waals surface area (Å²) in [7, 11) is 0. The molecule has 18 heavy (non-hydrogen) atoms. The largest absolute Gasteiger partial charge is 0.444 e. The number of hydrogen-bond donors (Lipinski definition) is 1. The van der Waals surface area contributed by atoms with Crippen LogP contribution in [-0.2, 0) is 9.53 Å². The first-order valence-corrected chi connectivity index (χ1v) is 6.63. The van der Waals surface area contributed by atoms with Crippen molar-refractivity contribution >= 4 is 11.9 Å². The first-order valence-electron chi connectivity index (χ1n) is 6.63. The highest BCUT2D eigenvalue weighted by Crippen LogP contribution is 2.58. The first kappa shape index (κ1) is 13.4. The molecule has 2 atom stereocenters. The van der Waals surface area contributed by atoms with Crippen molar-refractivity contribution in [2.24, 2.45) is 11.3 Å². The van der Waals surface area contributed by atoms with Crippen LogP contribution < -0.4 is 5.32 Å². The molecule has 1 N–H and O–H groups in total. The number of amides is 1. The Balaban J connectivity index is 2.17. The van der Waals surface area contributed by atoms with Gasteiger partial charge in [-0.1, -0.05) is 13.8 Å². The number of nitrogens with one attached hydrogen (secondary N) is 1. The zero-order chi connectivity index (χ0) is 13.8. The van der Waals surface area contributed by atoms with E-state index in [0.29, 0.717) is 12.3 Å². The van der Waals surface area contributed by atoms with Crippen LogP contribution in [-0.4, -0.2) is 23.0 Å². The van der Waals surface area contributed by atoms with E-state index in [9.17, 15) is 9.59 Å². The fraction of sp³-hybridized carbons (Fsp3) is 0.857. The highest BCUT2D eigenvalue weighted by atomic mass is 16.6. The van der Waals surface area contributed by atoms with Gasteiger partial charge in [-0.2, -0.15) is 0 Å². The van der Waals surface area contributed by atoms with E-state index < -0.39 is 17.2 Å². The van der Waals surface area contributed by atoms with Crippen LogP contribution in [0.4, 0.5) is 4.79 Å². The summed E-state index contributed by atoms with van der Waals surface area (Å²) in [4.78, 5) is 24.1. The monoisotopic (exact) mass is 253 g/mol. The van der Waals surface area contributed by atoms with Crippen LogP contribution in [0.15, 0.2) is 0 Å². The lowest BCUT2D eigenvalue weighted by atomic mass is 9.76. The molecule has 0 spiro atoms. The number of carbonyl (C=O) groups is 2. The van der Waals surface area contributed by atoms with Crippen LogP contribution in [0.2, 0.25) is 0 Å². The molecule has 1 amide bonds. The van der Waals surface area contributed by atoms with Crippen LogP contribution in [0.3, 0.4) is 0 Å². The number of ether oxygens (including phenoxy) is 1. The molecule has 0 aromatic rings. The third-order valence-corrected chi connectivity index (χ3v) is 4.61. The molecule has 2 fully saturated rings. The van der Waals surface area contributed by atoms with Gasteiger partial charge >= 0.3 is 6.09 Å². The van der Waals surface area contributed by atoms with Crippen LogP contribution in [0, 0.1) is 11.3 Å². The lowest BCUT2D eigenvalue weighted by Gasteiger charge is -2.37. The Hall–Kier alpha value is -1.06. The molecule has 2 saturated carbocycles. The predicted octanol–water partition coefficient (Wildman–Crippen LogP) is 2.66. The third kappa shape index (κ3) is 1.82. The van der Waals surface area contributed by atoms with Crippen molar-refractivity contribution < 1.29 is 14.3 Å². The second kappa shape index (κ2) is 3.72. The van der Waals surface area contributed by atoms with E-state index in [0.717, 1.165) is 12.8 Å². The van der Waals surface area contributed by atoms with Crippen molar-refractivity contribution in [2.45, 2.75) is 65.0 Å². The number of carbonyl (C=O) groups excluding carboxylic acids is 2. The maximum Gasteiger partial charge on any atom is 0.408 e. The minimum atomic E-state index is -0.708. The number of Topliss-reactive ketones (excluding diaryl/α,β-unsaturated/α-hetero) is 1. The molecule has 0 aromatic heterocycles. The summed E-state index contributed by atoms with van der Waals surface area (Å²) in [5.41, 5.74) is -1.41. The molecule has 2 aliphatic carbocycles. The van der Waals surface area contributed by atoms with E-state index in [-0.39, 0.29) is 11.2 Å². The third-order valence-electron chi connectivity index (χ3n) is 4.61. The topological polar surface area (TPSA) is 55.4 Å². The summed E-state index contributed by atoms with van der Waals surface area (Å²) in [5.74, 6) is 0.551. The van der Waals surface area contributed by atoms with E-state index in [4.69, 9.17) is 4.74 Å². The predicted molar refractivity (Wildman–Crippen MR) is 68.2 cm³/mol. The quantitative estimate of drug-likeness (QED) is 0.781. The van der Waals surface area contributed by atoms with Gasteiger partial charge in [0, 0.05) is 6.42 Å². The van der Waals surface area contributed by atoms with Crippen molar-refractivity contribution in [2.75, 3.05) is 0 Å². The van der Waals surface area contributed by atoms with E-state index in [1.54, 1.807) is 0 Å². The lowest BCUT2D eigenvalue weighted by Crippen LogP contribution is -2.58. The van der Waals surface area contributed by atoms with Gasteiger partial charge in [0.1, 0.15) is 11.1 Å². The van der Waals surface area contributed by atoms with Gasteiger partial charge < -0.3 is 10.1 Å². The molecule has 4 nitrogen and oxygen atoms in total. The molecule has 2 rings (SSSR count). The number of hydrogen-bond acceptors (Lipinski definition) is 3. The van der Waals surface area contributed by atoms with Crippen LogP contribution in [0.25, 0.3) is 0 Å². The summed E-state index contributed by atoms with van der Waals surface area (Å²) >= 11 is 0. The van der Waals surface area contributed by atoms with Crippen molar-refractivity contribution in [1.29, 1.82) is 0 Å². The van der Waals surface area contributed by atoms with Crippen molar-refractivity contribution in [3.8, 4) is 0 Å². The molecular weight excluding hydrogens is 230 g/mol. The Morgan fingerprint density at radius 2 is 2.00 bits per heavy atom. The molecule has 0 saturated heterocycles. The lowest BCUT2D eigenvalue weighted by molar-refractivity contribution is -0.125. The SMILES string of the molecule is CC(C)(C)OC(=O)NC12CCC(CC1=O)C2(C)C. The van der Waals surface area contributed by atoms with E-state index in [2.05, 4.69) is 19.2 Å². The standard InChI is InChI=1S/C14H23NO3/c1-12(2,3)18-11(17)15-14-7-6-9(8-10(14)16)13(14,4)5/h9H,6-8H2,1-5H3,(H,15,17). The molecule has 102 valence electrons. The fourth-order valence-corrected chi connectivity index (χ4v) is 3.45. The van der Waals surface area contributed by atoms with E-state index >= 15 is 0 Å². The van der Waals surface area contributed by atoms with Gasteiger partial charge in [0.2, 0.25) is 0 Å². The Labute approximate surface area is 108 Å². The van der Waals surface area contributed by atoms with Crippen molar-refractivity contribution in [3.05, 3.63) is 0 Å². The summed E-state index contributed by atoms with van der Waals surface area (Å²) in [6.45, 7) is 9.62. The van der Waals surface area contributed by atoms with Crippen molar-refractivity contribution in [3.63, 3.8) is 0 Å². The Bertz CT molecular complexity index is 394. The van der Waals surface area contributed by atoms with Gasteiger partial charge in [-0.3, -0.25) is 4.79 Å². The number of fused-ring (bicyclic) bond motifs is 2. The van der Waals surface area contributed by atoms with Gasteiger partial charge in [0.15, 0.2) is 5.78 Å². The minimum absolute atomic E-state index is 0.162. The highest BCUT2D eigenvalue weighted by Gasteiger charge is 2.65. The van der Waals surface area contributed by atoms with Gasteiger partial charge in [0.25, 0.3) is 0 Å². The molecule has 0 heterocycles. The van der Waals surface area contributed by atoms with Gasteiger partial charge in [-0.25, -0.2) is 4.79 Å². The number of rotatable bonds is 1. The molecule has 0 aromatic carbocycles. The fourth-order valence-electron chi connectivity index (χ4n) is 3.45. The van der Waals surface area contributed by atoms with Gasteiger partial charge in [0.05, 0.1) is 0 Å². The second-order valence-electron chi connectivity index (χ2n) is 7.12. The van der Waals surface area contributed by atoms with Crippen molar-refractivity contribution in [1.82, 2.24) is 5.32 Å². The Kier molecular flexibility index (Phi) is 2.76. The summed E-state index contributed by atoms with van der Waals surface area (Å²) in [5, 5.41) is 2.87. The molecule has 2 unspecified atom stereocenters. The summed E-state index contributed by atoms with van der Waals surface area (Å²) in [6, 6.07) is 0. The van der Waals surface area contributed by atoms with Crippen LogP contribution >= 0.6 is 0 Å². The zero-order valence-electron chi connectivity index (χ0n) is 11.9. The maximum atomic E-state index is 12.2. The van der Waals surface area contributed by atoms with E-state index in [1.807, 2.05) is 20.8 Å². The highest BCUT2D eigenvalue weighted by molar-refractivity contribution is 5.96. The molecule has 2 bridgehead atoms. The summed E-state index contributed by atoms with van der Waals surface area (Å²) in [6.07, 6.45) is 1.85. The average Bonchev–Trinajstić information content (AvgIpc) is 2.47. The minimum Gasteiger partial charge on any atom is -0.444 e. The number of ketones is 1. The molecule has 4 heteroatoms. The summed E-state index contributed by atoms with van der Waals surface area (Å²) < 4.78 is 5.28. The average molecular weight is 253 g/mol. The second-order valence-corrected chi connectivity index (χ2v) is 7.12. The normalized spacial score (nSPS) is 33.6.